The van der Waals surface area contributed by atoms with Gasteiger partial charge in [-0.25, -0.2) is 0 Å². The Morgan fingerprint density at radius 1 is 1.31 bits per heavy atom. The van der Waals surface area contributed by atoms with Crippen molar-refractivity contribution in [2.24, 2.45) is 5.92 Å². The molecular weight excluding hydrogens is 348 g/mol. The van der Waals surface area contributed by atoms with Crippen LogP contribution in [0.1, 0.15) is 52.8 Å². The van der Waals surface area contributed by atoms with Crippen LogP contribution >= 0.6 is 11.3 Å². The Labute approximate surface area is 157 Å². The van der Waals surface area contributed by atoms with Crippen molar-refractivity contribution in [3.05, 3.63) is 39.3 Å². The van der Waals surface area contributed by atoms with Crippen molar-refractivity contribution in [2.75, 3.05) is 6.54 Å². The number of amides is 2. The number of fused-ring (bicyclic) bond motifs is 1. The van der Waals surface area contributed by atoms with Crippen molar-refractivity contribution >= 4 is 23.2 Å². The molecule has 1 aliphatic carbocycles. The van der Waals surface area contributed by atoms with Crippen molar-refractivity contribution in [1.29, 1.82) is 0 Å². The van der Waals surface area contributed by atoms with E-state index >= 15 is 0 Å². The van der Waals surface area contributed by atoms with Crippen LogP contribution in [-0.2, 0) is 30.8 Å². The molecule has 2 aliphatic rings. The summed E-state index contributed by atoms with van der Waals surface area (Å²) in [5.41, 5.74) is 2.61. The molecule has 0 saturated heterocycles. The van der Waals surface area contributed by atoms with Gasteiger partial charge in [0.15, 0.2) is 0 Å². The first-order valence-corrected chi connectivity index (χ1v) is 10.2. The van der Waals surface area contributed by atoms with Gasteiger partial charge in [-0.2, -0.15) is 5.10 Å². The van der Waals surface area contributed by atoms with Gasteiger partial charge in [-0.15, -0.1) is 11.3 Å². The Kier molecular flexibility index (Phi) is 4.80. The fourth-order valence-electron chi connectivity index (χ4n) is 3.47. The van der Waals surface area contributed by atoms with E-state index in [1.807, 2.05) is 27.1 Å². The molecule has 138 valence electrons. The number of aryl methyl sites for hydroxylation is 1. The van der Waals surface area contributed by atoms with Crippen LogP contribution in [0, 0.1) is 5.92 Å². The lowest BCUT2D eigenvalue weighted by Gasteiger charge is -2.34. The number of thiophene rings is 1. The van der Waals surface area contributed by atoms with E-state index in [0.29, 0.717) is 24.6 Å². The second-order valence-corrected chi connectivity index (χ2v) is 8.07. The van der Waals surface area contributed by atoms with E-state index in [2.05, 4.69) is 17.3 Å². The van der Waals surface area contributed by atoms with Crippen molar-refractivity contribution < 1.29 is 9.59 Å². The average molecular weight is 372 g/mol. The first kappa shape index (κ1) is 17.3. The van der Waals surface area contributed by atoms with Gasteiger partial charge in [0.05, 0.1) is 36.6 Å². The van der Waals surface area contributed by atoms with Gasteiger partial charge in [-0.3, -0.25) is 14.3 Å². The highest BCUT2D eigenvalue weighted by molar-refractivity contribution is 7.10. The highest BCUT2D eigenvalue weighted by Gasteiger charge is 2.31. The third-order valence-corrected chi connectivity index (χ3v) is 6.39. The summed E-state index contributed by atoms with van der Waals surface area (Å²) in [6.45, 7) is 4.58. The molecule has 2 amide bonds. The molecule has 6 nitrogen and oxygen atoms in total. The summed E-state index contributed by atoms with van der Waals surface area (Å²) in [5, 5.41) is 9.42. The van der Waals surface area contributed by atoms with Crippen molar-refractivity contribution in [2.45, 2.75) is 52.2 Å². The Morgan fingerprint density at radius 3 is 2.85 bits per heavy atom. The lowest BCUT2D eigenvalue weighted by Crippen LogP contribution is -2.43. The fourth-order valence-corrected chi connectivity index (χ4v) is 4.29. The van der Waals surface area contributed by atoms with Crippen LogP contribution < -0.4 is 5.32 Å². The number of rotatable bonds is 5. The number of aromatic nitrogens is 2. The van der Waals surface area contributed by atoms with Crippen LogP contribution in [0.5, 0.6) is 0 Å². The molecule has 2 aromatic heterocycles. The van der Waals surface area contributed by atoms with Gasteiger partial charge in [0.25, 0.3) is 5.91 Å². The van der Waals surface area contributed by atoms with E-state index in [1.165, 1.54) is 11.3 Å². The Morgan fingerprint density at radius 2 is 2.15 bits per heavy atom. The third-order valence-electron chi connectivity index (χ3n) is 5.31. The minimum Gasteiger partial charge on any atom is -0.346 e. The maximum atomic E-state index is 12.4. The summed E-state index contributed by atoms with van der Waals surface area (Å²) in [6.07, 6.45) is 4.19. The maximum Gasteiger partial charge on any atom is 0.252 e. The van der Waals surface area contributed by atoms with Crippen LogP contribution in [0.3, 0.4) is 0 Å². The fraction of sp³-hybridized carbons (Fsp3) is 0.526. The zero-order valence-corrected chi connectivity index (χ0v) is 15.8. The molecule has 3 heterocycles. The summed E-state index contributed by atoms with van der Waals surface area (Å²) < 4.78 is 1.96. The quantitative estimate of drug-likeness (QED) is 0.877. The zero-order chi connectivity index (χ0) is 18.1. The molecule has 0 bridgehead atoms. The summed E-state index contributed by atoms with van der Waals surface area (Å²) in [4.78, 5) is 27.9. The molecule has 0 spiro atoms. The number of hydrogen-bond acceptors (Lipinski definition) is 4. The molecule has 2 aromatic rings. The number of nitrogens with one attached hydrogen (secondary N) is 1. The number of hydrogen-bond donors (Lipinski definition) is 1. The van der Waals surface area contributed by atoms with Crippen LogP contribution in [0.4, 0.5) is 0 Å². The second kappa shape index (κ2) is 7.23. The first-order chi connectivity index (χ1) is 12.6. The van der Waals surface area contributed by atoms with E-state index in [-0.39, 0.29) is 11.8 Å². The summed E-state index contributed by atoms with van der Waals surface area (Å²) in [7, 11) is 0. The molecule has 0 unspecified atom stereocenters. The Hall–Kier alpha value is -2.15. The average Bonchev–Trinajstić information content (AvgIpc) is 3.23. The number of nitrogens with zero attached hydrogens (tertiary/aromatic N) is 3. The normalized spacial score (nSPS) is 16.9. The SMILES string of the molecule is CCc1cc(C(=O)NCc2cc3n(n2)CCN(C(=O)C2CCC2)C3)cs1. The third kappa shape index (κ3) is 3.40. The molecule has 1 saturated carbocycles. The predicted octanol–water partition coefficient (Wildman–Crippen LogP) is 2.58. The van der Waals surface area contributed by atoms with E-state index < -0.39 is 0 Å². The maximum absolute atomic E-state index is 12.4. The van der Waals surface area contributed by atoms with Gasteiger partial charge >= 0.3 is 0 Å². The second-order valence-electron chi connectivity index (χ2n) is 7.08. The molecule has 1 N–H and O–H groups in total. The lowest BCUT2D eigenvalue weighted by atomic mass is 9.84. The van der Waals surface area contributed by atoms with Gasteiger partial charge in [0.2, 0.25) is 5.91 Å². The summed E-state index contributed by atoms with van der Waals surface area (Å²) in [6, 6.07) is 3.95. The minimum atomic E-state index is -0.0614. The van der Waals surface area contributed by atoms with E-state index in [9.17, 15) is 9.59 Å². The number of carbonyl (C=O) groups excluding carboxylic acids is 2. The minimum absolute atomic E-state index is 0.0614. The zero-order valence-electron chi connectivity index (χ0n) is 15.0. The molecule has 0 radical (unpaired) electrons. The highest BCUT2D eigenvalue weighted by Crippen LogP contribution is 2.29. The lowest BCUT2D eigenvalue weighted by molar-refractivity contribution is -0.139. The Balaban J connectivity index is 1.35. The number of carbonyl (C=O) groups is 2. The smallest absolute Gasteiger partial charge is 0.252 e. The van der Waals surface area contributed by atoms with Crippen molar-refractivity contribution in [3.8, 4) is 0 Å². The molecule has 26 heavy (non-hydrogen) atoms. The van der Waals surface area contributed by atoms with Crippen LogP contribution in [0.15, 0.2) is 17.5 Å². The molecule has 0 atom stereocenters. The summed E-state index contributed by atoms with van der Waals surface area (Å²) in [5.74, 6) is 0.471. The first-order valence-electron chi connectivity index (χ1n) is 9.34. The largest absolute Gasteiger partial charge is 0.346 e. The molecule has 0 aromatic carbocycles. The van der Waals surface area contributed by atoms with Gasteiger partial charge in [0.1, 0.15) is 0 Å². The highest BCUT2D eigenvalue weighted by atomic mass is 32.1. The molecule has 1 fully saturated rings. The van der Waals surface area contributed by atoms with Crippen LogP contribution in [0.2, 0.25) is 0 Å². The molecule has 4 rings (SSSR count). The van der Waals surface area contributed by atoms with E-state index in [4.69, 9.17) is 0 Å². The van der Waals surface area contributed by atoms with Crippen LogP contribution in [0.25, 0.3) is 0 Å². The van der Waals surface area contributed by atoms with E-state index in [0.717, 1.165) is 43.7 Å². The predicted molar refractivity (Wildman–Crippen MR) is 99.9 cm³/mol. The molecule has 7 heteroatoms. The standard InChI is InChI=1S/C19H24N4O2S/c1-2-17-8-14(12-26-17)18(24)20-10-15-9-16-11-22(6-7-23(16)21-15)19(25)13-4-3-5-13/h8-9,12-13H,2-7,10-11H2,1H3,(H,20,24). The van der Waals surface area contributed by atoms with E-state index in [1.54, 1.807) is 11.3 Å². The summed E-state index contributed by atoms with van der Waals surface area (Å²) >= 11 is 1.62. The molecular formula is C19H24N4O2S. The van der Waals surface area contributed by atoms with Crippen LogP contribution in [-0.4, -0.2) is 33.0 Å². The van der Waals surface area contributed by atoms with Gasteiger partial charge in [-0.05, 0) is 31.4 Å². The molecule has 1 aliphatic heterocycles. The van der Waals surface area contributed by atoms with Gasteiger partial charge < -0.3 is 10.2 Å². The topological polar surface area (TPSA) is 67.2 Å². The van der Waals surface area contributed by atoms with Gasteiger partial charge in [0, 0.05) is 22.7 Å². The van der Waals surface area contributed by atoms with Crippen molar-refractivity contribution in [3.63, 3.8) is 0 Å². The van der Waals surface area contributed by atoms with Crippen molar-refractivity contribution in [1.82, 2.24) is 20.0 Å². The van der Waals surface area contributed by atoms with Gasteiger partial charge in [-0.1, -0.05) is 13.3 Å². The Bertz CT molecular complexity index is 821. The monoisotopic (exact) mass is 372 g/mol.